The van der Waals surface area contributed by atoms with Gasteiger partial charge in [-0.05, 0) is 19.3 Å². The highest BCUT2D eigenvalue weighted by atomic mass is 16.4. The Hall–Kier alpha value is -1.26. The van der Waals surface area contributed by atoms with Crippen LogP contribution >= 0.6 is 0 Å². The van der Waals surface area contributed by atoms with E-state index in [2.05, 4.69) is 13.8 Å². The maximum atomic E-state index is 12.2. The van der Waals surface area contributed by atoms with Gasteiger partial charge in [-0.2, -0.15) is 0 Å². The van der Waals surface area contributed by atoms with E-state index in [1.807, 2.05) is 13.8 Å². The predicted octanol–water partition coefficient (Wildman–Crippen LogP) is 2.27. The van der Waals surface area contributed by atoms with Gasteiger partial charge in [-0.3, -0.25) is 4.79 Å². The molecule has 1 unspecified atom stereocenters. The monoisotopic (exact) mass is 258 g/mol. The van der Waals surface area contributed by atoms with Crippen LogP contribution in [0.2, 0.25) is 0 Å². The van der Waals surface area contributed by atoms with Gasteiger partial charge in [0, 0.05) is 19.6 Å². The lowest BCUT2D eigenvalue weighted by atomic mass is 10.1. The fourth-order valence-electron chi connectivity index (χ4n) is 1.72. The van der Waals surface area contributed by atoms with E-state index < -0.39 is 5.97 Å². The molecule has 0 aliphatic heterocycles. The average molecular weight is 258 g/mol. The number of hydrogen-bond donors (Lipinski definition) is 1. The molecule has 0 rings (SSSR count). The van der Waals surface area contributed by atoms with Crippen molar-refractivity contribution in [3.8, 4) is 0 Å². The molecule has 0 aromatic carbocycles. The minimum Gasteiger partial charge on any atom is -0.480 e. The summed E-state index contributed by atoms with van der Waals surface area (Å²) < 4.78 is 0. The van der Waals surface area contributed by atoms with Crippen LogP contribution in [0.4, 0.5) is 4.79 Å². The van der Waals surface area contributed by atoms with Crippen LogP contribution in [0, 0.1) is 5.92 Å². The Morgan fingerprint density at radius 2 is 1.78 bits per heavy atom. The quantitative estimate of drug-likeness (QED) is 0.726. The molecular weight excluding hydrogens is 232 g/mol. The van der Waals surface area contributed by atoms with E-state index in [1.54, 1.807) is 4.90 Å². The molecule has 0 radical (unpaired) electrons. The van der Waals surface area contributed by atoms with Crippen molar-refractivity contribution < 1.29 is 14.7 Å². The standard InChI is InChI=1S/C13H26N2O3/c1-5-8-15(10-12(16)17)13(18)14(7-3)9-11(4)6-2/h11H,5-10H2,1-4H3,(H,16,17). The predicted molar refractivity (Wildman–Crippen MR) is 71.6 cm³/mol. The highest BCUT2D eigenvalue weighted by Gasteiger charge is 2.22. The highest BCUT2D eigenvalue weighted by Crippen LogP contribution is 2.07. The number of aliphatic carboxylic acids is 1. The van der Waals surface area contributed by atoms with Crippen molar-refractivity contribution in [1.82, 2.24) is 9.80 Å². The molecule has 2 amide bonds. The van der Waals surface area contributed by atoms with E-state index >= 15 is 0 Å². The van der Waals surface area contributed by atoms with Gasteiger partial charge < -0.3 is 14.9 Å². The largest absolute Gasteiger partial charge is 0.480 e. The van der Waals surface area contributed by atoms with Crippen LogP contribution < -0.4 is 0 Å². The number of urea groups is 1. The van der Waals surface area contributed by atoms with Crippen LogP contribution in [0.5, 0.6) is 0 Å². The van der Waals surface area contributed by atoms with Crippen LogP contribution in [0.1, 0.15) is 40.5 Å². The minimum atomic E-state index is -0.962. The number of rotatable bonds is 8. The smallest absolute Gasteiger partial charge is 0.323 e. The zero-order valence-corrected chi connectivity index (χ0v) is 12.0. The number of amides is 2. The van der Waals surface area contributed by atoms with Gasteiger partial charge >= 0.3 is 12.0 Å². The van der Waals surface area contributed by atoms with Gasteiger partial charge in [-0.25, -0.2) is 4.79 Å². The maximum Gasteiger partial charge on any atom is 0.323 e. The molecular formula is C13H26N2O3. The van der Waals surface area contributed by atoms with Crippen molar-refractivity contribution in [3.63, 3.8) is 0 Å². The van der Waals surface area contributed by atoms with Crippen LogP contribution in [-0.2, 0) is 4.79 Å². The van der Waals surface area contributed by atoms with Gasteiger partial charge in [0.2, 0.25) is 0 Å². The number of hydrogen-bond acceptors (Lipinski definition) is 2. The van der Waals surface area contributed by atoms with E-state index in [1.165, 1.54) is 4.90 Å². The lowest BCUT2D eigenvalue weighted by molar-refractivity contribution is -0.137. The molecule has 0 aromatic rings. The summed E-state index contributed by atoms with van der Waals surface area (Å²) in [5.74, 6) is -0.529. The molecule has 1 atom stereocenters. The summed E-state index contributed by atoms with van der Waals surface area (Å²) in [7, 11) is 0. The fraction of sp³-hybridized carbons (Fsp3) is 0.846. The van der Waals surface area contributed by atoms with E-state index in [0.29, 0.717) is 25.6 Å². The summed E-state index contributed by atoms with van der Waals surface area (Å²) in [5, 5.41) is 8.83. The Morgan fingerprint density at radius 3 is 2.17 bits per heavy atom. The molecule has 0 fully saturated rings. The van der Waals surface area contributed by atoms with Crippen LogP contribution in [0.25, 0.3) is 0 Å². The van der Waals surface area contributed by atoms with E-state index in [9.17, 15) is 9.59 Å². The van der Waals surface area contributed by atoms with E-state index in [0.717, 1.165) is 12.8 Å². The molecule has 5 nitrogen and oxygen atoms in total. The molecule has 0 aliphatic rings. The molecule has 0 aliphatic carbocycles. The normalized spacial score (nSPS) is 12.0. The first-order valence-electron chi connectivity index (χ1n) is 6.71. The van der Waals surface area contributed by atoms with Crippen LogP contribution in [-0.4, -0.2) is 53.1 Å². The third-order valence-electron chi connectivity index (χ3n) is 2.97. The van der Waals surface area contributed by atoms with Gasteiger partial charge in [0.15, 0.2) is 0 Å². The van der Waals surface area contributed by atoms with E-state index in [-0.39, 0.29) is 12.6 Å². The first-order chi connectivity index (χ1) is 8.46. The second kappa shape index (κ2) is 8.78. The molecule has 5 heteroatoms. The van der Waals surface area contributed by atoms with Crippen molar-refractivity contribution in [3.05, 3.63) is 0 Å². The van der Waals surface area contributed by atoms with Crippen molar-refractivity contribution in [2.75, 3.05) is 26.2 Å². The molecule has 0 aromatic heterocycles. The maximum absolute atomic E-state index is 12.2. The first-order valence-corrected chi connectivity index (χ1v) is 6.71. The van der Waals surface area contributed by atoms with Crippen molar-refractivity contribution in [2.24, 2.45) is 5.92 Å². The molecule has 0 saturated heterocycles. The van der Waals surface area contributed by atoms with E-state index in [4.69, 9.17) is 5.11 Å². The highest BCUT2D eigenvalue weighted by molar-refractivity contribution is 5.80. The Labute approximate surface area is 110 Å². The summed E-state index contributed by atoms with van der Waals surface area (Å²) in [5.41, 5.74) is 0. The Bertz CT molecular complexity index is 269. The Kier molecular flexibility index (Phi) is 8.16. The minimum absolute atomic E-state index is 0.165. The van der Waals surface area contributed by atoms with Crippen molar-refractivity contribution in [1.29, 1.82) is 0 Å². The first kappa shape index (κ1) is 16.7. The number of carbonyl (C=O) groups is 2. The Morgan fingerprint density at radius 1 is 1.17 bits per heavy atom. The number of nitrogens with zero attached hydrogens (tertiary/aromatic N) is 2. The lowest BCUT2D eigenvalue weighted by Crippen LogP contribution is -2.47. The summed E-state index contributed by atoms with van der Waals surface area (Å²) in [6.45, 7) is 9.61. The van der Waals surface area contributed by atoms with Gasteiger partial charge in [-0.1, -0.05) is 27.2 Å². The fourth-order valence-corrected chi connectivity index (χ4v) is 1.72. The number of carboxylic acid groups (broad SMARTS) is 1. The third-order valence-corrected chi connectivity index (χ3v) is 2.97. The summed E-state index contributed by atoms with van der Waals surface area (Å²) >= 11 is 0. The van der Waals surface area contributed by atoms with Crippen LogP contribution in [0.15, 0.2) is 0 Å². The molecule has 1 N–H and O–H groups in total. The third kappa shape index (κ3) is 5.89. The number of carbonyl (C=O) groups excluding carboxylic acids is 1. The molecule has 0 spiro atoms. The van der Waals surface area contributed by atoms with Crippen molar-refractivity contribution >= 4 is 12.0 Å². The van der Waals surface area contributed by atoms with Gasteiger partial charge in [0.05, 0.1) is 0 Å². The molecule has 0 heterocycles. The molecule has 0 saturated carbocycles. The van der Waals surface area contributed by atoms with Crippen molar-refractivity contribution in [2.45, 2.75) is 40.5 Å². The summed E-state index contributed by atoms with van der Waals surface area (Å²) in [6, 6.07) is -0.165. The molecule has 0 bridgehead atoms. The SMILES string of the molecule is CCCN(CC(=O)O)C(=O)N(CC)CC(C)CC. The Balaban J connectivity index is 4.63. The van der Waals surface area contributed by atoms with Gasteiger partial charge in [-0.15, -0.1) is 0 Å². The van der Waals surface area contributed by atoms with Crippen LogP contribution in [0.3, 0.4) is 0 Å². The number of carboxylic acids is 1. The molecule has 106 valence electrons. The lowest BCUT2D eigenvalue weighted by Gasteiger charge is -2.30. The summed E-state index contributed by atoms with van der Waals surface area (Å²) in [6.07, 6.45) is 1.77. The second-order valence-corrected chi connectivity index (χ2v) is 4.65. The van der Waals surface area contributed by atoms with Gasteiger partial charge in [0.25, 0.3) is 0 Å². The second-order valence-electron chi connectivity index (χ2n) is 4.65. The van der Waals surface area contributed by atoms with Gasteiger partial charge in [0.1, 0.15) is 6.54 Å². The zero-order valence-electron chi connectivity index (χ0n) is 12.0. The topological polar surface area (TPSA) is 60.9 Å². The zero-order chi connectivity index (χ0) is 14.1. The average Bonchev–Trinajstić information content (AvgIpc) is 2.33. The summed E-state index contributed by atoms with van der Waals surface area (Å²) in [4.78, 5) is 26.1. The molecule has 18 heavy (non-hydrogen) atoms.